The van der Waals surface area contributed by atoms with Crippen LogP contribution in [0.15, 0.2) is 10.9 Å². The molecule has 0 saturated heterocycles. The van der Waals surface area contributed by atoms with E-state index in [0.29, 0.717) is 0 Å². The maximum atomic E-state index is 11.4. The van der Waals surface area contributed by atoms with Crippen molar-refractivity contribution >= 4 is 46.8 Å². The Kier molecular flexibility index (Phi) is 4.19. The molecule has 0 aliphatic carbocycles. The summed E-state index contributed by atoms with van der Waals surface area (Å²) in [5.74, 6) is -1.29. The summed E-state index contributed by atoms with van der Waals surface area (Å²) in [5.41, 5.74) is -0.873. The van der Waals surface area contributed by atoms with Gasteiger partial charge in [0.05, 0.1) is 0 Å². The van der Waals surface area contributed by atoms with Crippen LogP contribution >= 0.6 is 34.8 Å². The van der Waals surface area contributed by atoms with E-state index in [9.17, 15) is 9.59 Å². The van der Waals surface area contributed by atoms with E-state index in [-0.39, 0.29) is 17.1 Å². The van der Waals surface area contributed by atoms with Crippen LogP contribution in [0.25, 0.3) is 6.08 Å². The lowest BCUT2D eigenvalue weighted by molar-refractivity contribution is 0.0689. The van der Waals surface area contributed by atoms with Crippen molar-refractivity contribution < 1.29 is 9.90 Å². The number of aromatic carboxylic acids is 1. The van der Waals surface area contributed by atoms with Crippen LogP contribution < -0.4 is 5.56 Å². The first-order valence-corrected chi connectivity index (χ1v) is 5.44. The van der Waals surface area contributed by atoms with Crippen molar-refractivity contribution in [3.05, 3.63) is 33.5 Å². The van der Waals surface area contributed by atoms with Crippen LogP contribution in [0.1, 0.15) is 21.9 Å². The quantitative estimate of drug-likeness (QED) is 0.819. The van der Waals surface area contributed by atoms with Gasteiger partial charge >= 0.3 is 5.97 Å². The van der Waals surface area contributed by atoms with Gasteiger partial charge in [0.1, 0.15) is 5.82 Å². The highest BCUT2D eigenvalue weighted by molar-refractivity contribution is 6.69. The summed E-state index contributed by atoms with van der Waals surface area (Å²) >= 11 is 16.4. The molecule has 2 N–H and O–H groups in total. The summed E-state index contributed by atoms with van der Waals surface area (Å²) < 4.78 is -1.65. The molecule has 5 nitrogen and oxygen atoms in total. The van der Waals surface area contributed by atoms with E-state index in [2.05, 4.69) is 9.97 Å². The molecular weight excluding hydrogens is 290 g/mol. The van der Waals surface area contributed by atoms with Crippen molar-refractivity contribution in [2.24, 2.45) is 0 Å². The lowest BCUT2D eigenvalue weighted by Crippen LogP contribution is -2.19. The van der Waals surface area contributed by atoms with E-state index in [1.54, 1.807) is 0 Å². The first-order chi connectivity index (χ1) is 7.70. The molecule has 1 heterocycles. The normalized spacial score (nSPS) is 12.0. The monoisotopic (exact) mass is 296 g/mol. The maximum absolute atomic E-state index is 11.4. The summed E-state index contributed by atoms with van der Waals surface area (Å²) in [4.78, 5) is 28.3. The van der Waals surface area contributed by atoms with E-state index in [4.69, 9.17) is 39.9 Å². The average Bonchev–Trinajstić information content (AvgIpc) is 2.18. The highest BCUT2D eigenvalue weighted by atomic mass is 35.6. The summed E-state index contributed by atoms with van der Waals surface area (Å²) in [6.45, 7) is 1.36. The van der Waals surface area contributed by atoms with Crippen molar-refractivity contribution in [3.63, 3.8) is 0 Å². The molecule has 0 spiro atoms. The Morgan fingerprint density at radius 2 is 2.06 bits per heavy atom. The van der Waals surface area contributed by atoms with Crippen molar-refractivity contribution in [1.29, 1.82) is 0 Å². The standard InChI is InChI=1S/C9H7Cl3N2O3/c1-4-6(8(16)17)13-5(14-7(4)15)2-3-9(10,11)12/h2-3H,1H3,(H,16,17)(H,13,14,15)/b3-2-. The second-order valence-electron chi connectivity index (χ2n) is 3.10. The van der Waals surface area contributed by atoms with Gasteiger partial charge in [-0.25, -0.2) is 9.78 Å². The second-order valence-corrected chi connectivity index (χ2v) is 5.47. The van der Waals surface area contributed by atoms with E-state index in [1.807, 2.05) is 0 Å². The Labute approximate surface area is 111 Å². The topological polar surface area (TPSA) is 83.0 Å². The molecule has 1 aromatic heterocycles. The number of H-pyrrole nitrogens is 1. The highest BCUT2D eigenvalue weighted by Gasteiger charge is 2.16. The SMILES string of the molecule is Cc1c(C(=O)O)nc(/C=C\C(Cl)(Cl)Cl)[nH]c1=O. The van der Waals surface area contributed by atoms with E-state index < -0.39 is 15.3 Å². The molecule has 92 valence electrons. The molecule has 0 amide bonds. The minimum Gasteiger partial charge on any atom is -0.476 e. The molecule has 0 radical (unpaired) electrons. The van der Waals surface area contributed by atoms with Gasteiger partial charge in [-0.1, -0.05) is 34.8 Å². The molecule has 17 heavy (non-hydrogen) atoms. The average molecular weight is 298 g/mol. The van der Waals surface area contributed by atoms with Gasteiger partial charge in [-0.15, -0.1) is 0 Å². The predicted molar refractivity (Wildman–Crippen MR) is 65.9 cm³/mol. The number of nitrogens with one attached hydrogen (secondary N) is 1. The van der Waals surface area contributed by atoms with Gasteiger partial charge < -0.3 is 10.1 Å². The third-order valence-corrected chi connectivity index (χ3v) is 2.18. The number of allylic oxidation sites excluding steroid dienone is 1. The summed E-state index contributed by atoms with van der Waals surface area (Å²) in [7, 11) is 0. The number of carboxylic acids is 1. The van der Waals surface area contributed by atoms with E-state index in [1.165, 1.54) is 13.0 Å². The number of hydrogen-bond acceptors (Lipinski definition) is 3. The van der Waals surface area contributed by atoms with Gasteiger partial charge in [0.25, 0.3) is 5.56 Å². The smallest absolute Gasteiger partial charge is 0.355 e. The Hall–Kier alpha value is -1.04. The number of carbonyl (C=O) groups is 1. The molecule has 0 aliphatic rings. The minimum atomic E-state index is -1.65. The lowest BCUT2D eigenvalue weighted by Gasteiger charge is -2.03. The molecule has 0 unspecified atom stereocenters. The van der Waals surface area contributed by atoms with Crippen molar-refractivity contribution in [1.82, 2.24) is 9.97 Å². The zero-order valence-corrected chi connectivity index (χ0v) is 10.8. The zero-order chi connectivity index (χ0) is 13.2. The van der Waals surface area contributed by atoms with Crippen molar-refractivity contribution in [2.75, 3.05) is 0 Å². The fourth-order valence-electron chi connectivity index (χ4n) is 1.01. The van der Waals surface area contributed by atoms with Gasteiger partial charge in [-0.2, -0.15) is 0 Å². The number of alkyl halides is 3. The molecule has 8 heteroatoms. The van der Waals surface area contributed by atoms with Crippen LogP contribution in [-0.2, 0) is 0 Å². The third kappa shape index (κ3) is 4.03. The molecule has 0 bridgehead atoms. The summed E-state index contributed by atoms with van der Waals surface area (Å²) in [6, 6.07) is 0. The summed E-state index contributed by atoms with van der Waals surface area (Å²) in [5, 5.41) is 8.83. The van der Waals surface area contributed by atoms with E-state index >= 15 is 0 Å². The number of nitrogens with zero attached hydrogens (tertiary/aromatic N) is 1. The number of aromatic nitrogens is 2. The fourth-order valence-corrected chi connectivity index (χ4v) is 1.20. The third-order valence-electron chi connectivity index (χ3n) is 1.80. The molecule has 0 fully saturated rings. The number of carboxylic acid groups (broad SMARTS) is 1. The van der Waals surface area contributed by atoms with Gasteiger partial charge in [0.15, 0.2) is 5.69 Å². The first kappa shape index (κ1) is 14.0. The molecule has 0 atom stereocenters. The Morgan fingerprint density at radius 3 is 2.53 bits per heavy atom. The van der Waals surface area contributed by atoms with Gasteiger partial charge in [0, 0.05) is 5.56 Å². The van der Waals surface area contributed by atoms with Crippen LogP contribution in [-0.4, -0.2) is 24.8 Å². The van der Waals surface area contributed by atoms with Crippen LogP contribution in [0.5, 0.6) is 0 Å². The second kappa shape index (κ2) is 5.08. The van der Waals surface area contributed by atoms with Crippen molar-refractivity contribution in [2.45, 2.75) is 10.7 Å². The van der Waals surface area contributed by atoms with Gasteiger partial charge in [-0.3, -0.25) is 4.79 Å². The highest BCUT2D eigenvalue weighted by Crippen LogP contribution is 2.27. The van der Waals surface area contributed by atoms with Crippen LogP contribution in [0.2, 0.25) is 0 Å². The molecule has 0 aliphatic heterocycles. The lowest BCUT2D eigenvalue weighted by atomic mass is 10.2. The predicted octanol–water partition coefficient (Wildman–Crippen LogP) is 2.16. The van der Waals surface area contributed by atoms with Crippen LogP contribution in [0, 0.1) is 6.92 Å². The molecule has 1 rings (SSSR count). The molecule has 1 aromatic rings. The number of aromatic amines is 1. The molecular formula is C9H7Cl3N2O3. The van der Waals surface area contributed by atoms with Crippen LogP contribution in [0.4, 0.5) is 0 Å². The Bertz CT molecular complexity index is 531. The largest absolute Gasteiger partial charge is 0.476 e. The number of halogens is 3. The van der Waals surface area contributed by atoms with Crippen molar-refractivity contribution in [3.8, 4) is 0 Å². The zero-order valence-electron chi connectivity index (χ0n) is 8.50. The minimum absolute atomic E-state index is 0.00400. The summed E-state index contributed by atoms with van der Waals surface area (Å²) in [6.07, 6.45) is 2.37. The molecule has 0 saturated carbocycles. The van der Waals surface area contributed by atoms with Gasteiger partial charge in [0.2, 0.25) is 3.79 Å². The Balaban J connectivity index is 3.25. The molecule has 0 aromatic carbocycles. The van der Waals surface area contributed by atoms with E-state index in [0.717, 1.165) is 6.08 Å². The van der Waals surface area contributed by atoms with Crippen LogP contribution in [0.3, 0.4) is 0 Å². The number of hydrogen-bond donors (Lipinski definition) is 2. The maximum Gasteiger partial charge on any atom is 0.355 e. The Morgan fingerprint density at radius 1 is 1.47 bits per heavy atom. The number of rotatable bonds is 2. The fraction of sp³-hybridized carbons (Fsp3) is 0.222. The first-order valence-electron chi connectivity index (χ1n) is 4.31. The van der Waals surface area contributed by atoms with Gasteiger partial charge in [-0.05, 0) is 19.1 Å².